The van der Waals surface area contributed by atoms with Crippen LogP contribution in [0.4, 0.5) is 0 Å². The summed E-state index contributed by atoms with van der Waals surface area (Å²) in [5.74, 6) is -1.22. The molecule has 24 heavy (non-hydrogen) atoms. The molecule has 1 amide bonds. The van der Waals surface area contributed by atoms with Gasteiger partial charge in [0.15, 0.2) is 0 Å². The summed E-state index contributed by atoms with van der Waals surface area (Å²) in [6.45, 7) is 4.99. The summed E-state index contributed by atoms with van der Waals surface area (Å²) in [5.41, 5.74) is 0. The molecule has 0 aromatic heterocycles. The lowest BCUT2D eigenvalue weighted by Crippen LogP contribution is -2.25. The quantitative estimate of drug-likeness (QED) is 0.177. The number of aliphatic carboxylic acids is 1. The molecule has 9 heteroatoms. The number of alkyl halides is 1. The molecule has 0 bridgehead atoms. The second kappa shape index (κ2) is 18.8. The van der Waals surface area contributed by atoms with Gasteiger partial charge in [-0.1, -0.05) is 22.6 Å². The largest absolute Gasteiger partial charge is 0.481 e. The summed E-state index contributed by atoms with van der Waals surface area (Å²) in [5, 5.41) is 11.1. The average molecular weight is 461 g/mol. The van der Waals surface area contributed by atoms with Gasteiger partial charge < -0.3 is 29.4 Å². The van der Waals surface area contributed by atoms with E-state index < -0.39 is 5.97 Å². The van der Waals surface area contributed by atoms with E-state index in [0.717, 1.165) is 11.0 Å². The van der Waals surface area contributed by atoms with Crippen molar-refractivity contribution in [1.29, 1.82) is 0 Å². The van der Waals surface area contributed by atoms with Crippen molar-refractivity contribution in [3.63, 3.8) is 0 Å². The van der Waals surface area contributed by atoms with Gasteiger partial charge in [-0.2, -0.15) is 0 Å². The molecule has 0 aliphatic carbocycles. The zero-order chi connectivity index (χ0) is 17.9. The minimum atomic E-state index is -0.969. The SMILES string of the molecule is O=C(O)CCC(=O)NCCCOCCOCCOCCOCCI. The number of amides is 1. The van der Waals surface area contributed by atoms with Crippen molar-refractivity contribution in [1.82, 2.24) is 5.32 Å². The number of nitrogens with one attached hydrogen (secondary N) is 1. The molecule has 8 nitrogen and oxygen atoms in total. The Bertz CT molecular complexity index is 318. The van der Waals surface area contributed by atoms with E-state index in [1.807, 2.05) is 0 Å². The van der Waals surface area contributed by atoms with Gasteiger partial charge in [0.1, 0.15) is 0 Å². The molecule has 0 atom stereocenters. The highest BCUT2D eigenvalue weighted by Gasteiger charge is 2.03. The molecular formula is C15H28INO7. The van der Waals surface area contributed by atoms with E-state index in [-0.39, 0.29) is 18.7 Å². The molecule has 0 aromatic rings. The molecule has 0 aliphatic rings. The molecule has 0 rings (SSSR count). The summed E-state index contributed by atoms with van der Waals surface area (Å²) in [6, 6.07) is 0. The first-order chi connectivity index (χ1) is 11.7. The summed E-state index contributed by atoms with van der Waals surface area (Å²) in [7, 11) is 0. The third kappa shape index (κ3) is 19.6. The van der Waals surface area contributed by atoms with Gasteiger partial charge in [0.25, 0.3) is 0 Å². The van der Waals surface area contributed by atoms with Crippen molar-refractivity contribution in [2.75, 3.05) is 63.8 Å². The van der Waals surface area contributed by atoms with Crippen molar-refractivity contribution in [2.45, 2.75) is 19.3 Å². The lowest BCUT2D eigenvalue weighted by atomic mass is 10.3. The summed E-state index contributed by atoms with van der Waals surface area (Å²) >= 11 is 2.26. The highest BCUT2D eigenvalue weighted by Crippen LogP contribution is 1.89. The molecule has 0 heterocycles. The van der Waals surface area contributed by atoms with Crippen LogP contribution in [0.25, 0.3) is 0 Å². The Morgan fingerprint density at radius 1 is 0.792 bits per heavy atom. The molecular weight excluding hydrogens is 433 g/mol. The summed E-state index contributed by atoms with van der Waals surface area (Å²) < 4.78 is 22.3. The molecule has 0 aromatic carbocycles. The molecule has 0 radical (unpaired) electrons. The Morgan fingerprint density at radius 3 is 1.79 bits per heavy atom. The molecule has 2 N–H and O–H groups in total. The van der Waals surface area contributed by atoms with E-state index in [9.17, 15) is 9.59 Å². The monoisotopic (exact) mass is 461 g/mol. The van der Waals surface area contributed by atoms with Gasteiger partial charge in [-0.15, -0.1) is 0 Å². The van der Waals surface area contributed by atoms with Crippen molar-refractivity contribution in [2.24, 2.45) is 0 Å². The maximum Gasteiger partial charge on any atom is 0.303 e. The number of carbonyl (C=O) groups excluding carboxylic acids is 1. The Kier molecular flexibility index (Phi) is 18.5. The first-order valence-corrected chi connectivity index (χ1v) is 9.54. The fraction of sp³-hybridized carbons (Fsp3) is 0.867. The van der Waals surface area contributed by atoms with E-state index >= 15 is 0 Å². The molecule has 0 saturated carbocycles. The molecule has 0 unspecified atom stereocenters. The first-order valence-electron chi connectivity index (χ1n) is 8.02. The van der Waals surface area contributed by atoms with E-state index in [0.29, 0.717) is 59.2 Å². The minimum absolute atomic E-state index is 0.0104. The van der Waals surface area contributed by atoms with Gasteiger partial charge in [-0.3, -0.25) is 9.59 Å². The first kappa shape index (κ1) is 23.5. The second-order valence-corrected chi connectivity index (χ2v) is 5.81. The minimum Gasteiger partial charge on any atom is -0.481 e. The Balaban J connectivity index is 3.10. The zero-order valence-electron chi connectivity index (χ0n) is 14.0. The topological polar surface area (TPSA) is 103 Å². The van der Waals surface area contributed by atoms with Crippen LogP contribution < -0.4 is 5.32 Å². The normalized spacial score (nSPS) is 10.7. The smallest absolute Gasteiger partial charge is 0.303 e. The number of carbonyl (C=O) groups is 2. The van der Waals surface area contributed by atoms with Crippen molar-refractivity contribution < 1.29 is 33.6 Å². The standard InChI is InChI=1S/C15H28INO7/c16-4-7-22-9-11-24-13-12-23-10-8-21-6-1-5-17-14(18)2-3-15(19)20/h1-13H2,(H,17,18)(H,19,20). The number of halogens is 1. The van der Waals surface area contributed by atoms with Crippen LogP contribution in [0.2, 0.25) is 0 Å². The van der Waals surface area contributed by atoms with Crippen molar-refractivity contribution in [3.05, 3.63) is 0 Å². The predicted molar refractivity (Wildman–Crippen MR) is 96.7 cm³/mol. The fourth-order valence-corrected chi connectivity index (χ4v) is 1.84. The van der Waals surface area contributed by atoms with Crippen LogP contribution in [0.5, 0.6) is 0 Å². The predicted octanol–water partition coefficient (Wildman–Crippen LogP) is 0.859. The maximum atomic E-state index is 11.2. The molecule has 0 spiro atoms. The van der Waals surface area contributed by atoms with Crippen molar-refractivity contribution >= 4 is 34.5 Å². The van der Waals surface area contributed by atoms with Crippen LogP contribution in [-0.4, -0.2) is 80.8 Å². The highest BCUT2D eigenvalue weighted by molar-refractivity contribution is 14.1. The third-order valence-corrected chi connectivity index (χ3v) is 3.13. The number of carboxylic acids is 1. The number of hydrogen-bond donors (Lipinski definition) is 2. The highest BCUT2D eigenvalue weighted by atomic mass is 127. The van der Waals surface area contributed by atoms with Gasteiger partial charge in [-0.25, -0.2) is 0 Å². The second-order valence-electron chi connectivity index (χ2n) is 4.74. The van der Waals surface area contributed by atoms with Gasteiger partial charge in [0.05, 0.1) is 52.7 Å². The van der Waals surface area contributed by atoms with Crippen LogP contribution >= 0.6 is 22.6 Å². The van der Waals surface area contributed by atoms with E-state index in [4.69, 9.17) is 24.1 Å². The summed E-state index contributed by atoms with van der Waals surface area (Å²) in [6.07, 6.45) is 0.546. The van der Waals surface area contributed by atoms with Gasteiger partial charge >= 0.3 is 5.97 Å². The zero-order valence-corrected chi connectivity index (χ0v) is 16.1. The number of rotatable bonds is 18. The van der Waals surface area contributed by atoms with Gasteiger partial charge in [-0.05, 0) is 6.42 Å². The van der Waals surface area contributed by atoms with Crippen LogP contribution in [-0.2, 0) is 28.5 Å². The van der Waals surface area contributed by atoms with Crippen LogP contribution in [0, 0.1) is 0 Å². The number of hydrogen-bond acceptors (Lipinski definition) is 6. The number of carboxylic acid groups (broad SMARTS) is 1. The molecule has 0 aliphatic heterocycles. The van der Waals surface area contributed by atoms with Crippen LogP contribution in [0.1, 0.15) is 19.3 Å². The molecule has 0 fully saturated rings. The Morgan fingerprint density at radius 2 is 1.29 bits per heavy atom. The third-order valence-electron chi connectivity index (χ3n) is 2.69. The van der Waals surface area contributed by atoms with E-state index in [1.165, 1.54) is 0 Å². The molecule has 142 valence electrons. The van der Waals surface area contributed by atoms with E-state index in [1.54, 1.807) is 0 Å². The number of ether oxygens (including phenoxy) is 4. The lowest BCUT2D eigenvalue weighted by Gasteiger charge is -2.07. The van der Waals surface area contributed by atoms with Crippen LogP contribution in [0.15, 0.2) is 0 Å². The van der Waals surface area contributed by atoms with Crippen LogP contribution in [0.3, 0.4) is 0 Å². The fourth-order valence-electron chi connectivity index (χ4n) is 1.53. The Hall–Kier alpha value is -0.490. The Labute approximate surface area is 156 Å². The molecule has 0 saturated heterocycles. The summed E-state index contributed by atoms with van der Waals surface area (Å²) in [4.78, 5) is 21.5. The van der Waals surface area contributed by atoms with Gasteiger partial charge in [0, 0.05) is 24.0 Å². The van der Waals surface area contributed by atoms with Gasteiger partial charge in [0.2, 0.25) is 5.91 Å². The lowest BCUT2D eigenvalue weighted by molar-refractivity contribution is -0.138. The maximum absolute atomic E-state index is 11.2. The van der Waals surface area contributed by atoms with Crippen molar-refractivity contribution in [3.8, 4) is 0 Å². The average Bonchev–Trinajstić information content (AvgIpc) is 2.56. The van der Waals surface area contributed by atoms with E-state index in [2.05, 4.69) is 27.9 Å².